The fourth-order valence-corrected chi connectivity index (χ4v) is 7.96. The third-order valence-corrected chi connectivity index (χ3v) is 10.9. The maximum absolute atomic E-state index is 13.1. The van der Waals surface area contributed by atoms with Crippen LogP contribution >= 0.6 is 23.4 Å². The highest BCUT2D eigenvalue weighted by atomic mass is 35.5. The van der Waals surface area contributed by atoms with E-state index < -0.39 is 18.1 Å². The Hall–Kier alpha value is -4.90. The molecule has 2 aliphatic rings. The molecule has 0 aliphatic carbocycles. The van der Waals surface area contributed by atoms with Crippen LogP contribution in [0.25, 0.3) is 11.1 Å². The number of hydrogen-bond acceptors (Lipinski definition) is 7. The number of fused-ring (bicyclic) bond motifs is 1. The van der Waals surface area contributed by atoms with Crippen LogP contribution in [0, 0.1) is 0 Å². The van der Waals surface area contributed by atoms with E-state index in [1.165, 1.54) is 5.57 Å². The number of ether oxygens (including phenoxy) is 2. The third kappa shape index (κ3) is 9.24. The van der Waals surface area contributed by atoms with Crippen LogP contribution in [0.5, 0.6) is 5.75 Å². The Morgan fingerprint density at radius 3 is 2.28 bits per heavy atom. The molecule has 0 aromatic heterocycles. The van der Waals surface area contributed by atoms with Gasteiger partial charge in [-0.05, 0) is 77.4 Å². The largest absolute Gasteiger partial charge is 0.492 e. The molecule has 1 N–H and O–H groups in total. The molecule has 4 aromatic rings. The molecular formula is C43H44ClN3O6S. The standard InChI is InChI=1S/C43H44ClN3O6S/c1-29(52-26-27-54-38-15-9-14-35-36(38)28-47(43(35)51)37-20-21-39(48)45-41(37)49)42(50)46(2)24-25-53-33-18-16-32(17-19-33)40(31-12-7-4-8-13-31)34(22-23-44)30-10-5-3-6-11-30/h3-19,29,37H,20-28H2,1-2H3,(H,45,48,49)/b40-34-. The van der Waals surface area contributed by atoms with Crippen molar-refractivity contribution in [2.24, 2.45) is 0 Å². The summed E-state index contributed by atoms with van der Waals surface area (Å²) < 4.78 is 12.0. The number of rotatable bonds is 16. The number of allylic oxidation sites excluding steroid dienone is 1. The highest BCUT2D eigenvalue weighted by molar-refractivity contribution is 7.99. The number of thioether (sulfide) groups is 1. The Morgan fingerprint density at radius 1 is 0.907 bits per heavy atom. The number of alkyl halides is 1. The number of amides is 4. The van der Waals surface area contributed by atoms with Gasteiger partial charge in [-0.25, -0.2) is 0 Å². The minimum Gasteiger partial charge on any atom is -0.492 e. The minimum atomic E-state index is -0.658. The van der Waals surface area contributed by atoms with Crippen LogP contribution in [0.3, 0.4) is 0 Å². The summed E-state index contributed by atoms with van der Waals surface area (Å²) in [6, 6.07) is 33.6. The Kier molecular flexibility index (Phi) is 13.2. The van der Waals surface area contributed by atoms with E-state index in [2.05, 4.69) is 41.7 Å². The number of likely N-dealkylation sites (N-methyl/N-ethyl adjacent to an activating group) is 1. The Morgan fingerprint density at radius 2 is 1.59 bits per heavy atom. The summed E-state index contributed by atoms with van der Waals surface area (Å²) in [4.78, 5) is 54.3. The molecule has 280 valence electrons. The number of halogens is 1. The van der Waals surface area contributed by atoms with Crippen LogP contribution in [0.1, 0.15) is 58.8 Å². The molecule has 11 heteroatoms. The Labute approximate surface area is 325 Å². The van der Waals surface area contributed by atoms with Crippen molar-refractivity contribution in [3.63, 3.8) is 0 Å². The van der Waals surface area contributed by atoms with Crippen molar-refractivity contribution in [1.29, 1.82) is 0 Å². The molecule has 2 heterocycles. The van der Waals surface area contributed by atoms with Crippen molar-refractivity contribution in [3.05, 3.63) is 131 Å². The van der Waals surface area contributed by atoms with Gasteiger partial charge < -0.3 is 19.3 Å². The number of carbonyl (C=O) groups is 4. The zero-order valence-corrected chi connectivity index (χ0v) is 32.0. The number of nitrogens with one attached hydrogen (secondary N) is 1. The van der Waals surface area contributed by atoms with E-state index >= 15 is 0 Å². The van der Waals surface area contributed by atoms with Crippen LogP contribution in [-0.4, -0.2) is 84.0 Å². The lowest BCUT2D eigenvalue weighted by Crippen LogP contribution is -2.52. The van der Waals surface area contributed by atoms with Gasteiger partial charge >= 0.3 is 0 Å². The number of nitrogens with zero attached hydrogens (tertiary/aromatic N) is 2. The molecule has 0 bridgehead atoms. The first-order valence-electron chi connectivity index (χ1n) is 18.1. The van der Waals surface area contributed by atoms with E-state index in [-0.39, 0.29) is 24.1 Å². The number of carbonyl (C=O) groups excluding carboxylic acids is 4. The molecule has 0 radical (unpaired) electrons. The van der Waals surface area contributed by atoms with Crippen molar-refractivity contribution in [2.45, 2.75) is 49.8 Å². The van der Waals surface area contributed by atoms with E-state index in [1.807, 2.05) is 60.7 Å². The normalized spacial score (nSPS) is 16.4. The molecular weight excluding hydrogens is 722 g/mol. The highest BCUT2D eigenvalue weighted by Crippen LogP contribution is 2.36. The fourth-order valence-electron chi connectivity index (χ4n) is 6.85. The van der Waals surface area contributed by atoms with Crippen LogP contribution < -0.4 is 10.1 Å². The monoisotopic (exact) mass is 765 g/mol. The lowest BCUT2D eigenvalue weighted by Gasteiger charge is -2.29. The Bertz CT molecular complexity index is 1990. The first-order chi connectivity index (χ1) is 26.2. The van der Waals surface area contributed by atoms with Gasteiger partial charge in [0.2, 0.25) is 11.8 Å². The van der Waals surface area contributed by atoms with E-state index in [0.717, 1.165) is 39.1 Å². The lowest BCUT2D eigenvalue weighted by molar-refractivity contribution is -0.141. The summed E-state index contributed by atoms with van der Waals surface area (Å²) in [5.41, 5.74) is 7.06. The fraction of sp³-hybridized carbons (Fsp3) is 0.302. The summed E-state index contributed by atoms with van der Waals surface area (Å²) in [7, 11) is 1.74. The summed E-state index contributed by atoms with van der Waals surface area (Å²) in [5, 5.41) is 2.34. The zero-order valence-electron chi connectivity index (χ0n) is 30.5. The van der Waals surface area contributed by atoms with Crippen molar-refractivity contribution in [3.8, 4) is 5.75 Å². The number of benzene rings is 4. The first kappa shape index (κ1) is 38.8. The summed E-state index contributed by atoms with van der Waals surface area (Å²) in [6.07, 6.45) is 0.610. The second-order valence-electron chi connectivity index (χ2n) is 13.2. The van der Waals surface area contributed by atoms with Gasteiger partial charge in [0.25, 0.3) is 11.8 Å². The van der Waals surface area contributed by atoms with Crippen molar-refractivity contribution in [1.82, 2.24) is 15.1 Å². The van der Waals surface area contributed by atoms with Crippen LogP contribution in [0.2, 0.25) is 0 Å². The molecule has 0 spiro atoms. The highest BCUT2D eigenvalue weighted by Gasteiger charge is 2.39. The number of piperidine rings is 1. The Balaban J connectivity index is 0.981. The van der Waals surface area contributed by atoms with E-state index in [0.29, 0.717) is 55.7 Å². The minimum absolute atomic E-state index is 0.143. The second-order valence-corrected chi connectivity index (χ2v) is 14.7. The zero-order chi connectivity index (χ0) is 38.0. The summed E-state index contributed by atoms with van der Waals surface area (Å²) >= 11 is 7.85. The maximum Gasteiger partial charge on any atom is 0.255 e. The maximum atomic E-state index is 13.1. The summed E-state index contributed by atoms with van der Waals surface area (Å²) in [6.45, 7) is 3.09. The van der Waals surface area contributed by atoms with Crippen LogP contribution in [0.4, 0.5) is 0 Å². The number of hydrogen-bond donors (Lipinski definition) is 1. The predicted octanol–water partition coefficient (Wildman–Crippen LogP) is 7.07. The SMILES string of the molecule is CC(OCCSc1cccc2c1CN(C1CCC(=O)NC1=O)C2=O)C(=O)N(C)CCOc1ccc(/C(=C(/CCCl)c2ccccc2)c2ccccc2)cc1. The van der Waals surface area contributed by atoms with Crippen molar-refractivity contribution in [2.75, 3.05) is 38.4 Å². The van der Waals surface area contributed by atoms with Gasteiger partial charge in [0.15, 0.2) is 0 Å². The molecule has 4 amide bonds. The van der Waals surface area contributed by atoms with Gasteiger partial charge in [0.05, 0.1) is 13.2 Å². The van der Waals surface area contributed by atoms with Gasteiger partial charge in [-0.15, -0.1) is 23.4 Å². The number of imide groups is 1. The smallest absolute Gasteiger partial charge is 0.255 e. The van der Waals surface area contributed by atoms with Crippen molar-refractivity contribution >= 4 is 58.1 Å². The molecule has 4 aromatic carbocycles. The molecule has 54 heavy (non-hydrogen) atoms. The quantitative estimate of drug-likeness (QED) is 0.0428. The van der Waals surface area contributed by atoms with E-state index in [9.17, 15) is 19.2 Å². The van der Waals surface area contributed by atoms with Gasteiger partial charge in [-0.2, -0.15) is 0 Å². The van der Waals surface area contributed by atoms with Crippen LogP contribution in [-0.2, 0) is 25.7 Å². The van der Waals surface area contributed by atoms with Gasteiger partial charge in [0.1, 0.15) is 24.5 Å². The third-order valence-electron chi connectivity index (χ3n) is 9.64. The van der Waals surface area contributed by atoms with Gasteiger partial charge in [0, 0.05) is 42.1 Å². The first-order valence-corrected chi connectivity index (χ1v) is 19.7. The van der Waals surface area contributed by atoms with E-state index in [1.54, 1.807) is 41.6 Å². The molecule has 2 aliphatic heterocycles. The molecule has 2 unspecified atom stereocenters. The van der Waals surface area contributed by atoms with Gasteiger partial charge in [-0.3, -0.25) is 24.5 Å². The molecule has 1 saturated heterocycles. The lowest BCUT2D eigenvalue weighted by atomic mass is 9.88. The molecule has 6 rings (SSSR count). The topological polar surface area (TPSA) is 105 Å². The second kappa shape index (κ2) is 18.4. The van der Waals surface area contributed by atoms with Crippen molar-refractivity contribution < 1.29 is 28.7 Å². The molecule has 9 nitrogen and oxygen atoms in total. The van der Waals surface area contributed by atoms with Crippen LogP contribution in [0.15, 0.2) is 108 Å². The summed E-state index contributed by atoms with van der Waals surface area (Å²) in [5.74, 6) is 0.700. The molecule has 0 saturated carbocycles. The average Bonchev–Trinajstić information content (AvgIpc) is 3.53. The average molecular weight is 766 g/mol. The predicted molar refractivity (Wildman–Crippen MR) is 212 cm³/mol. The molecule has 2 atom stereocenters. The van der Waals surface area contributed by atoms with Gasteiger partial charge in [-0.1, -0.05) is 78.9 Å². The van der Waals surface area contributed by atoms with E-state index in [4.69, 9.17) is 21.1 Å². The molecule has 1 fully saturated rings.